The molecule has 0 aliphatic carbocycles. The van der Waals surface area contributed by atoms with Crippen LogP contribution in [0.2, 0.25) is 0 Å². The minimum atomic E-state index is -1.47. The van der Waals surface area contributed by atoms with E-state index < -0.39 is 28.8 Å². The Labute approximate surface area is 104 Å². The van der Waals surface area contributed by atoms with Crippen molar-refractivity contribution in [3.63, 3.8) is 0 Å². The van der Waals surface area contributed by atoms with E-state index in [-0.39, 0.29) is 21.6 Å². The van der Waals surface area contributed by atoms with Gasteiger partial charge in [-0.15, -0.1) is 11.3 Å². The molecule has 0 amide bonds. The average Bonchev–Trinajstić information content (AvgIpc) is 2.76. The van der Waals surface area contributed by atoms with E-state index >= 15 is 0 Å². The summed E-state index contributed by atoms with van der Waals surface area (Å²) in [5.41, 5.74) is -0.787. The maximum Gasteiger partial charge on any atom is 0.170 e. The van der Waals surface area contributed by atoms with E-state index in [2.05, 4.69) is 0 Å². The van der Waals surface area contributed by atoms with Crippen LogP contribution in [0.25, 0.3) is 10.4 Å². The van der Waals surface area contributed by atoms with Crippen LogP contribution in [0.3, 0.4) is 0 Å². The molecule has 0 spiro atoms. The van der Waals surface area contributed by atoms with Gasteiger partial charge in [0.15, 0.2) is 29.1 Å². The molecule has 2 aromatic rings. The third-order valence-electron chi connectivity index (χ3n) is 2.31. The zero-order chi connectivity index (χ0) is 13.4. The second kappa shape index (κ2) is 4.53. The fraction of sp³-hybridized carbons (Fsp3) is 0.0833. The van der Waals surface area contributed by atoms with Crippen molar-refractivity contribution in [3.8, 4) is 10.4 Å². The minimum Gasteiger partial charge on any atom is -0.294 e. The van der Waals surface area contributed by atoms with Gasteiger partial charge in [0.1, 0.15) is 0 Å². The van der Waals surface area contributed by atoms with Crippen LogP contribution < -0.4 is 0 Å². The van der Waals surface area contributed by atoms with Crippen LogP contribution in [0.4, 0.5) is 17.6 Å². The highest BCUT2D eigenvalue weighted by atomic mass is 32.1. The highest BCUT2D eigenvalue weighted by Gasteiger charge is 2.22. The topological polar surface area (TPSA) is 17.1 Å². The summed E-state index contributed by atoms with van der Waals surface area (Å²) in [6.45, 7) is 1.29. The van der Waals surface area contributed by atoms with Crippen molar-refractivity contribution in [2.75, 3.05) is 0 Å². The van der Waals surface area contributed by atoms with E-state index in [1.807, 2.05) is 0 Å². The van der Waals surface area contributed by atoms with Crippen LogP contribution in [0.5, 0.6) is 0 Å². The Bertz CT molecular complexity index is 607. The first-order valence-corrected chi connectivity index (χ1v) is 5.67. The average molecular weight is 274 g/mol. The molecule has 1 heterocycles. The van der Waals surface area contributed by atoms with Gasteiger partial charge in [0.05, 0.1) is 10.4 Å². The molecule has 6 heteroatoms. The van der Waals surface area contributed by atoms with Gasteiger partial charge in [-0.2, -0.15) is 0 Å². The van der Waals surface area contributed by atoms with E-state index in [1.165, 1.54) is 19.1 Å². The summed E-state index contributed by atoms with van der Waals surface area (Å²) < 4.78 is 53.0. The molecule has 0 aliphatic rings. The van der Waals surface area contributed by atoms with E-state index in [1.54, 1.807) is 0 Å². The quantitative estimate of drug-likeness (QED) is 0.456. The largest absolute Gasteiger partial charge is 0.294 e. The number of carbonyl (C=O) groups excluding carboxylic acids is 1. The van der Waals surface area contributed by atoms with Crippen molar-refractivity contribution in [2.45, 2.75) is 6.92 Å². The van der Waals surface area contributed by atoms with Crippen molar-refractivity contribution in [2.24, 2.45) is 0 Å². The number of hydrogen-bond donors (Lipinski definition) is 0. The van der Waals surface area contributed by atoms with Gasteiger partial charge in [-0.25, -0.2) is 17.6 Å². The molecule has 0 saturated carbocycles. The molecule has 0 N–H and O–H groups in total. The number of rotatable bonds is 2. The summed E-state index contributed by atoms with van der Waals surface area (Å²) in [4.78, 5) is 11.3. The van der Waals surface area contributed by atoms with E-state index in [0.717, 1.165) is 11.3 Å². The lowest BCUT2D eigenvalue weighted by molar-refractivity contribution is 0.102. The summed E-state index contributed by atoms with van der Waals surface area (Å²) in [6, 6.07) is 2.75. The molecule has 0 atom stereocenters. The number of Topliss-reactive ketones (excluding diaryl/α,β-unsaturated/α-hetero) is 1. The lowest BCUT2D eigenvalue weighted by atomic mass is 10.1. The highest BCUT2D eigenvalue weighted by Crippen LogP contribution is 2.34. The van der Waals surface area contributed by atoms with E-state index in [0.29, 0.717) is 0 Å². The minimum absolute atomic E-state index is 0.0337. The monoisotopic (exact) mass is 274 g/mol. The predicted octanol–water partition coefficient (Wildman–Crippen LogP) is 4.17. The number of halogens is 4. The van der Waals surface area contributed by atoms with Crippen molar-refractivity contribution < 1.29 is 22.4 Å². The fourth-order valence-corrected chi connectivity index (χ4v) is 2.39. The van der Waals surface area contributed by atoms with Crippen LogP contribution in [-0.4, -0.2) is 5.78 Å². The molecule has 1 aromatic carbocycles. The summed E-state index contributed by atoms with van der Waals surface area (Å²) in [5.74, 6) is -6.16. The first kappa shape index (κ1) is 12.8. The second-order valence-corrected chi connectivity index (χ2v) is 4.65. The molecule has 18 heavy (non-hydrogen) atoms. The third-order valence-corrected chi connectivity index (χ3v) is 3.51. The lowest BCUT2D eigenvalue weighted by Crippen LogP contribution is -1.97. The summed E-state index contributed by atoms with van der Waals surface area (Å²) in [6.07, 6.45) is 0. The van der Waals surface area contributed by atoms with Crippen LogP contribution >= 0.6 is 11.3 Å². The molecule has 0 bridgehead atoms. The van der Waals surface area contributed by atoms with E-state index in [4.69, 9.17) is 0 Å². The van der Waals surface area contributed by atoms with Gasteiger partial charge in [-0.1, -0.05) is 0 Å². The van der Waals surface area contributed by atoms with Crippen LogP contribution in [0.15, 0.2) is 18.2 Å². The standard InChI is InChI=1S/C12H6F4OS/c1-5(17)8-2-3-9(18-8)10-11(15)6(13)4-7(14)12(10)16/h2-4H,1H3. The Morgan fingerprint density at radius 2 is 1.61 bits per heavy atom. The van der Waals surface area contributed by atoms with Gasteiger partial charge >= 0.3 is 0 Å². The normalized spacial score (nSPS) is 10.7. The molecule has 0 radical (unpaired) electrons. The first-order valence-electron chi connectivity index (χ1n) is 4.86. The first-order chi connectivity index (χ1) is 8.41. The maximum absolute atomic E-state index is 13.5. The Kier molecular flexibility index (Phi) is 3.21. The zero-order valence-electron chi connectivity index (χ0n) is 9.06. The molecule has 0 saturated heterocycles. The number of thiophene rings is 1. The molecule has 1 aromatic heterocycles. The van der Waals surface area contributed by atoms with E-state index in [9.17, 15) is 22.4 Å². The number of carbonyl (C=O) groups is 1. The summed E-state index contributed by atoms with van der Waals surface area (Å²) in [5, 5.41) is 0. The molecule has 1 nitrogen and oxygen atoms in total. The van der Waals surface area contributed by atoms with Gasteiger partial charge in [0.25, 0.3) is 0 Å². The zero-order valence-corrected chi connectivity index (χ0v) is 9.88. The van der Waals surface area contributed by atoms with Gasteiger partial charge in [0, 0.05) is 10.9 Å². The number of ketones is 1. The third kappa shape index (κ3) is 2.03. The Hall–Kier alpha value is -1.69. The predicted molar refractivity (Wildman–Crippen MR) is 59.6 cm³/mol. The lowest BCUT2D eigenvalue weighted by Gasteiger charge is -2.04. The molecule has 0 fully saturated rings. The van der Waals surface area contributed by atoms with Crippen molar-refractivity contribution >= 4 is 17.1 Å². The van der Waals surface area contributed by atoms with Crippen LogP contribution in [0, 0.1) is 23.3 Å². The van der Waals surface area contributed by atoms with Crippen molar-refractivity contribution in [1.82, 2.24) is 0 Å². The van der Waals surface area contributed by atoms with Crippen molar-refractivity contribution in [3.05, 3.63) is 46.3 Å². The Morgan fingerprint density at radius 3 is 2.06 bits per heavy atom. The Morgan fingerprint density at radius 1 is 1.06 bits per heavy atom. The van der Waals surface area contributed by atoms with Gasteiger partial charge in [0.2, 0.25) is 0 Å². The molecular formula is C12H6F4OS. The molecule has 2 rings (SSSR count). The molecule has 0 unspecified atom stereocenters. The smallest absolute Gasteiger partial charge is 0.170 e. The SMILES string of the molecule is CC(=O)c1ccc(-c2c(F)c(F)cc(F)c2F)s1. The second-order valence-electron chi connectivity index (χ2n) is 3.56. The highest BCUT2D eigenvalue weighted by molar-refractivity contribution is 7.17. The summed E-state index contributed by atoms with van der Waals surface area (Å²) in [7, 11) is 0. The number of hydrogen-bond acceptors (Lipinski definition) is 2. The molecule has 94 valence electrons. The van der Waals surface area contributed by atoms with Crippen LogP contribution in [0.1, 0.15) is 16.6 Å². The maximum atomic E-state index is 13.5. The van der Waals surface area contributed by atoms with Gasteiger partial charge in [-0.05, 0) is 19.1 Å². The van der Waals surface area contributed by atoms with Crippen molar-refractivity contribution in [1.29, 1.82) is 0 Å². The fourth-order valence-electron chi connectivity index (χ4n) is 1.45. The van der Waals surface area contributed by atoms with Gasteiger partial charge in [-0.3, -0.25) is 4.79 Å². The molecule has 0 aliphatic heterocycles. The summed E-state index contributed by atoms with van der Waals surface area (Å²) >= 11 is 0.777. The van der Waals surface area contributed by atoms with Gasteiger partial charge < -0.3 is 0 Å². The van der Waals surface area contributed by atoms with Crippen LogP contribution in [-0.2, 0) is 0 Å². The Balaban J connectivity index is 2.66. The molecular weight excluding hydrogens is 268 g/mol. The number of benzene rings is 1.